The molecule has 6 heteroatoms. The summed E-state index contributed by atoms with van der Waals surface area (Å²) in [7, 11) is -3.05. The van der Waals surface area contributed by atoms with Gasteiger partial charge in [-0.2, -0.15) is 0 Å². The van der Waals surface area contributed by atoms with Gasteiger partial charge in [-0.05, 0) is 17.5 Å². The second-order valence-electron chi connectivity index (χ2n) is 4.76. The lowest BCUT2D eigenvalue weighted by Gasteiger charge is -2.25. The quantitative estimate of drug-likeness (QED) is 0.817. The Balaban J connectivity index is 2.01. The van der Waals surface area contributed by atoms with E-state index in [0.717, 1.165) is 24.8 Å². The van der Waals surface area contributed by atoms with Crippen molar-refractivity contribution in [1.82, 2.24) is 10.6 Å². The number of sulfone groups is 1. The Morgan fingerprint density at radius 2 is 2.16 bits per heavy atom. The molecule has 0 fully saturated rings. The van der Waals surface area contributed by atoms with Gasteiger partial charge >= 0.3 is 0 Å². The van der Waals surface area contributed by atoms with E-state index in [9.17, 15) is 13.2 Å². The van der Waals surface area contributed by atoms with Gasteiger partial charge < -0.3 is 10.6 Å². The summed E-state index contributed by atoms with van der Waals surface area (Å²) >= 11 is 0. The van der Waals surface area contributed by atoms with Crippen molar-refractivity contribution in [2.45, 2.75) is 12.5 Å². The van der Waals surface area contributed by atoms with E-state index in [4.69, 9.17) is 0 Å². The fraction of sp³-hybridized carbons (Fsp3) is 0.462. The SMILES string of the molecule is CS(=O)(=O)CCNC(=O)C1NCCc2ccccc21. The van der Waals surface area contributed by atoms with Crippen molar-refractivity contribution in [2.24, 2.45) is 0 Å². The summed E-state index contributed by atoms with van der Waals surface area (Å²) in [6, 6.07) is 7.44. The van der Waals surface area contributed by atoms with E-state index in [1.54, 1.807) is 0 Å². The van der Waals surface area contributed by atoms with E-state index in [0.29, 0.717) is 0 Å². The van der Waals surface area contributed by atoms with Gasteiger partial charge in [0, 0.05) is 19.3 Å². The lowest BCUT2D eigenvalue weighted by atomic mass is 9.94. The molecule has 0 spiro atoms. The van der Waals surface area contributed by atoms with Crippen LogP contribution in [0.25, 0.3) is 0 Å². The number of amides is 1. The Morgan fingerprint density at radius 3 is 2.89 bits per heavy atom. The van der Waals surface area contributed by atoms with Crippen LogP contribution < -0.4 is 10.6 Å². The number of fused-ring (bicyclic) bond motifs is 1. The summed E-state index contributed by atoms with van der Waals surface area (Å²) in [5, 5.41) is 5.83. The zero-order valence-corrected chi connectivity index (χ0v) is 11.7. The number of rotatable bonds is 4. The molecule has 0 radical (unpaired) electrons. The summed E-state index contributed by atoms with van der Waals surface area (Å²) < 4.78 is 22.0. The molecule has 0 saturated heterocycles. The van der Waals surface area contributed by atoms with Crippen molar-refractivity contribution in [2.75, 3.05) is 25.1 Å². The summed E-state index contributed by atoms with van der Waals surface area (Å²) in [6.07, 6.45) is 2.07. The molecule has 1 atom stereocenters. The topological polar surface area (TPSA) is 75.3 Å². The molecule has 1 amide bonds. The Labute approximate surface area is 113 Å². The van der Waals surface area contributed by atoms with E-state index < -0.39 is 9.84 Å². The maximum atomic E-state index is 12.1. The van der Waals surface area contributed by atoms with Gasteiger partial charge in [0.1, 0.15) is 15.9 Å². The smallest absolute Gasteiger partial charge is 0.241 e. The van der Waals surface area contributed by atoms with Gasteiger partial charge in [0.2, 0.25) is 5.91 Å². The van der Waals surface area contributed by atoms with Crippen molar-refractivity contribution >= 4 is 15.7 Å². The van der Waals surface area contributed by atoms with Crippen molar-refractivity contribution in [1.29, 1.82) is 0 Å². The minimum Gasteiger partial charge on any atom is -0.353 e. The van der Waals surface area contributed by atoms with Crippen molar-refractivity contribution < 1.29 is 13.2 Å². The Morgan fingerprint density at radius 1 is 1.42 bits per heavy atom. The van der Waals surface area contributed by atoms with Crippen LogP contribution in [-0.2, 0) is 21.1 Å². The second-order valence-corrected chi connectivity index (χ2v) is 7.02. The van der Waals surface area contributed by atoms with Crippen LogP contribution in [-0.4, -0.2) is 39.4 Å². The van der Waals surface area contributed by atoms with Crippen LogP contribution in [0.1, 0.15) is 17.2 Å². The van der Waals surface area contributed by atoms with Crippen LogP contribution >= 0.6 is 0 Å². The highest BCUT2D eigenvalue weighted by atomic mass is 32.2. The fourth-order valence-electron chi connectivity index (χ4n) is 2.20. The average molecular weight is 282 g/mol. The van der Waals surface area contributed by atoms with Gasteiger partial charge in [-0.3, -0.25) is 4.79 Å². The normalized spacial score (nSPS) is 18.7. The molecule has 1 heterocycles. The third-order valence-corrected chi connectivity index (χ3v) is 4.09. The molecule has 5 nitrogen and oxygen atoms in total. The molecular weight excluding hydrogens is 264 g/mol. The molecule has 1 aromatic rings. The van der Waals surface area contributed by atoms with Gasteiger partial charge in [0.05, 0.1) is 5.75 Å². The molecule has 0 saturated carbocycles. The van der Waals surface area contributed by atoms with E-state index in [1.807, 2.05) is 24.3 Å². The molecule has 0 aliphatic carbocycles. The number of hydrogen-bond donors (Lipinski definition) is 2. The van der Waals surface area contributed by atoms with E-state index >= 15 is 0 Å². The standard InChI is InChI=1S/C13H18N2O3S/c1-19(17,18)9-8-15-13(16)12-11-5-3-2-4-10(11)6-7-14-12/h2-5,12,14H,6-9H2,1H3,(H,15,16). The Hall–Kier alpha value is -1.40. The van der Waals surface area contributed by atoms with E-state index in [2.05, 4.69) is 10.6 Å². The van der Waals surface area contributed by atoms with Crippen LogP contribution in [0.2, 0.25) is 0 Å². The number of benzene rings is 1. The highest BCUT2D eigenvalue weighted by Crippen LogP contribution is 2.22. The predicted octanol–water partition coefficient (Wildman–Crippen LogP) is 0.0342. The number of carbonyl (C=O) groups excluding carboxylic acids is 1. The Bertz CT molecular complexity index is 569. The summed E-state index contributed by atoms with van der Waals surface area (Å²) in [5.74, 6) is -0.205. The summed E-state index contributed by atoms with van der Waals surface area (Å²) in [5.41, 5.74) is 2.15. The first-order chi connectivity index (χ1) is 8.97. The van der Waals surface area contributed by atoms with Gasteiger partial charge in [-0.15, -0.1) is 0 Å². The van der Waals surface area contributed by atoms with Crippen LogP contribution in [0.15, 0.2) is 24.3 Å². The highest BCUT2D eigenvalue weighted by molar-refractivity contribution is 7.90. The maximum absolute atomic E-state index is 12.1. The van der Waals surface area contributed by atoms with Gasteiger partial charge in [-0.25, -0.2) is 8.42 Å². The molecule has 1 aliphatic heterocycles. The monoisotopic (exact) mass is 282 g/mol. The first kappa shape index (κ1) is 14.0. The molecule has 104 valence electrons. The second kappa shape index (κ2) is 5.71. The molecule has 1 aliphatic rings. The largest absolute Gasteiger partial charge is 0.353 e. The number of carbonyl (C=O) groups is 1. The van der Waals surface area contributed by atoms with Crippen LogP contribution in [0, 0.1) is 0 Å². The van der Waals surface area contributed by atoms with Gasteiger partial charge in [-0.1, -0.05) is 24.3 Å². The maximum Gasteiger partial charge on any atom is 0.241 e. The van der Waals surface area contributed by atoms with Gasteiger partial charge in [0.25, 0.3) is 0 Å². The van der Waals surface area contributed by atoms with Crippen LogP contribution in [0.5, 0.6) is 0 Å². The number of nitrogens with one attached hydrogen (secondary N) is 2. The molecule has 1 aromatic carbocycles. The van der Waals surface area contributed by atoms with E-state index in [1.165, 1.54) is 5.56 Å². The van der Waals surface area contributed by atoms with Crippen molar-refractivity contribution in [3.8, 4) is 0 Å². The molecular formula is C13H18N2O3S. The minimum absolute atomic E-state index is 0.0346. The number of hydrogen-bond acceptors (Lipinski definition) is 4. The van der Waals surface area contributed by atoms with Crippen LogP contribution in [0.3, 0.4) is 0 Å². The molecule has 19 heavy (non-hydrogen) atoms. The summed E-state index contributed by atoms with van der Waals surface area (Å²) in [6.45, 7) is 0.902. The first-order valence-electron chi connectivity index (χ1n) is 6.24. The molecule has 2 N–H and O–H groups in total. The zero-order chi connectivity index (χ0) is 13.9. The third kappa shape index (κ3) is 3.78. The predicted molar refractivity (Wildman–Crippen MR) is 73.6 cm³/mol. The molecule has 0 bridgehead atoms. The third-order valence-electron chi connectivity index (χ3n) is 3.14. The summed E-state index contributed by atoms with van der Waals surface area (Å²) in [4.78, 5) is 12.1. The van der Waals surface area contributed by atoms with Crippen molar-refractivity contribution in [3.05, 3.63) is 35.4 Å². The minimum atomic E-state index is -3.05. The fourth-order valence-corrected chi connectivity index (χ4v) is 2.67. The lowest BCUT2D eigenvalue weighted by molar-refractivity contribution is -0.123. The van der Waals surface area contributed by atoms with E-state index in [-0.39, 0.29) is 24.2 Å². The lowest BCUT2D eigenvalue weighted by Crippen LogP contribution is -2.42. The molecule has 2 rings (SSSR count). The van der Waals surface area contributed by atoms with Gasteiger partial charge in [0.15, 0.2) is 0 Å². The highest BCUT2D eigenvalue weighted by Gasteiger charge is 2.25. The molecule has 1 unspecified atom stereocenters. The molecule has 0 aromatic heterocycles. The van der Waals surface area contributed by atoms with Crippen LogP contribution in [0.4, 0.5) is 0 Å². The average Bonchev–Trinajstić information content (AvgIpc) is 2.36. The zero-order valence-electron chi connectivity index (χ0n) is 10.8. The Kier molecular flexibility index (Phi) is 4.21. The van der Waals surface area contributed by atoms with Crippen molar-refractivity contribution in [3.63, 3.8) is 0 Å². The first-order valence-corrected chi connectivity index (χ1v) is 8.30.